The maximum absolute atomic E-state index is 14.6. The SMILES string of the molecule is O=C(Nc1cnc(-n2nccn2)c(C(F)(F)F)c1)c1c(F)c(F)c(-c2ccc(F)cc2F)c(F)c1F. The standard InChI is InChI=1S/C21H8F9N5O/c22-8-1-2-10(12(23)5-8)13-15(24)17(26)14(18(27)16(13)25)20(36)34-9-6-11(21(28,29)30)19(31-7-9)35-32-3-4-33-35/h1-7H,(H,34,36). The second kappa shape index (κ2) is 8.98. The molecule has 0 aliphatic rings. The van der Waals surface area contributed by atoms with Gasteiger partial charge in [-0.25, -0.2) is 31.3 Å². The first-order valence-electron chi connectivity index (χ1n) is 9.46. The van der Waals surface area contributed by atoms with Crippen molar-refractivity contribution in [3.8, 4) is 16.9 Å². The number of hydrogen-bond donors (Lipinski definition) is 1. The molecule has 4 aromatic rings. The summed E-state index contributed by atoms with van der Waals surface area (Å²) in [7, 11) is 0. The molecule has 0 aliphatic carbocycles. The molecule has 0 bridgehead atoms. The number of nitrogens with one attached hydrogen (secondary N) is 1. The summed E-state index contributed by atoms with van der Waals surface area (Å²) >= 11 is 0. The van der Waals surface area contributed by atoms with Gasteiger partial charge in [-0.05, 0) is 18.2 Å². The third kappa shape index (κ3) is 4.34. The molecule has 0 unspecified atom stereocenters. The van der Waals surface area contributed by atoms with Crippen LogP contribution < -0.4 is 5.32 Å². The molecule has 0 atom stereocenters. The molecule has 0 fully saturated rings. The van der Waals surface area contributed by atoms with E-state index in [1.165, 1.54) is 0 Å². The molecular formula is C21H8F9N5O. The van der Waals surface area contributed by atoms with Crippen molar-refractivity contribution in [2.45, 2.75) is 6.18 Å². The van der Waals surface area contributed by atoms with E-state index in [2.05, 4.69) is 15.2 Å². The maximum atomic E-state index is 14.6. The number of amides is 1. The molecule has 1 N–H and O–H groups in total. The largest absolute Gasteiger partial charge is 0.420 e. The fourth-order valence-electron chi connectivity index (χ4n) is 3.17. The Balaban J connectivity index is 1.75. The van der Waals surface area contributed by atoms with Crippen LogP contribution in [0.4, 0.5) is 45.2 Å². The summed E-state index contributed by atoms with van der Waals surface area (Å²) in [6.07, 6.45) is -2.27. The Bertz CT molecular complexity index is 1460. The van der Waals surface area contributed by atoms with E-state index in [4.69, 9.17) is 0 Å². The van der Waals surface area contributed by atoms with E-state index in [0.717, 1.165) is 12.4 Å². The van der Waals surface area contributed by atoms with Gasteiger partial charge < -0.3 is 5.32 Å². The average molecular weight is 517 g/mol. The normalized spacial score (nSPS) is 11.6. The molecule has 2 heterocycles. The number of halogens is 9. The lowest BCUT2D eigenvalue weighted by Gasteiger charge is -2.15. The molecule has 186 valence electrons. The second-order valence-electron chi connectivity index (χ2n) is 7.00. The molecule has 2 aromatic heterocycles. The number of nitrogens with zero attached hydrogens (tertiary/aromatic N) is 4. The number of rotatable bonds is 4. The van der Waals surface area contributed by atoms with Crippen LogP contribution in [0.15, 0.2) is 42.9 Å². The summed E-state index contributed by atoms with van der Waals surface area (Å²) in [6, 6.07) is 1.62. The molecule has 1 amide bonds. The molecule has 0 spiro atoms. The first kappa shape index (κ1) is 24.7. The Kier molecular flexibility index (Phi) is 6.16. The number of carbonyl (C=O) groups is 1. The van der Waals surface area contributed by atoms with Gasteiger partial charge in [0.1, 0.15) is 22.8 Å². The van der Waals surface area contributed by atoms with Gasteiger partial charge in [0.25, 0.3) is 5.91 Å². The third-order valence-electron chi connectivity index (χ3n) is 4.73. The number of pyridine rings is 1. The number of aromatic nitrogens is 4. The van der Waals surface area contributed by atoms with Crippen LogP contribution in [0.1, 0.15) is 15.9 Å². The Labute approximate surface area is 194 Å². The zero-order valence-corrected chi connectivity index (χ0v) is 17.1. The lowest BCUT2D eigenvalue weighted by molar-refractivity contribution is -0.137. The molecule has 2 aromatic carbocycles. The zero-order chi connectivity index (χ0) is 26.4. The highest BCUT2D eigenvalue weighted by atomic mass is 19.4. The van der Waals surface area contributed by atoms with Crippen molar-refractivity contribution in [1.29, 1.82) is 0 Å². The number of benzene rings is 2. The van der Waals surface area contributed by atoms with Crippen LogP contribution in [0, 0.1) is 34.9 Å². The van der Waals surface area contributed by atoms with Gasteiger partial charge in [0.05, 0.1) is 29.8 Å². The van der Waals surface area contributed by atoms with Crippen molar-refractivity contribution in [1.82, 2.24) is 20.0 Å². The highest BCUT2D eigenvalue weighted by molar-refractivity contribution is 6.05. The fourth-order valence-corrected chi connectivity index (χ4v) is 3.17. The summed E-state index contributed by atoms with van der Waals surface area (Å²) in [5.74, 6) is -14.3. The molecule has 15 heteroatoms. The van der Waals surface area contributed by atoms with E-state index < -0.39 is 80.7 Å². The minimum Gasteiger partial charge on any atom is -0.320 e. The second-order valence-corrected chi connectivity index (χ2v) is 7.00. The first-order valence-corrected chi connectivity index (χ1v) is 9.46. The average Bonchev–Trinajstić information content (AvgIpc) is 3.33. The summed E-state index contributed by atoms with van der Waals surface area (Å²) in [6.45, 7) is 0. The Morgan fingerprint density at radius 2 is 1.47 bits per heavy atom. The summed E-state index contributed by atoms with van der Waals surface area (Å²) < 4.78 is 126. The number of anilines is 1. The lowest BCUT2D eigenvalue weighted by atomic mass is 10.00. The van der Waals surface area contributed by atoms with Crippen molar-refractivity contribution >= 4 is 11.6 Å². The molecule has 0 aliphatic heterocycles. The summed E-state index contributed by atoms with van der Waals surface area (Å²) in [5.41, 5.74) is -6.66. The van der Waals surface area contributed by atoms with Crippen molar-refractivity contribution in [2.24, 2.45) is 0 Å². The Morgan fingerprint density at radius 1 is 0.861 bits per heavy atom. The van der Waals surface area contributed by atoms with Gasteiger partial charge in [0.15, 0.2) is 29.1 Å². The molecule has 0 radical (unpaired) electrons. The van der Waals surface area contributed by atoms with Gasteiger partial charge in [-0.3, -0.25) is 4.79 Å². The van der Waals surface area contributed by atoms with E-state index in [0.29, 0.717) is 29.2 Å². The summed E-state index contributed by atoms with van der Waals surface area (Å²) in [4.78, 5) is 16.4. The number of alkyl halides is 3. The Hall–Kier alpha value is -4.43. The number of carbonyl (C=O) groups excluding carboxylic acids is 1. The van der Waals surface area contributed by atoms with Crippen LogP contribution >= 0.6 is 0 Å². The first-order chi connectivity index (χ1) is 16.9. The van der Waals surface area contributed by atoms with Crippen molar-refractivity contribution in [3.63, 3.8) is 0 Å². The van der Waals surface area contributed by atoms with E-state index in [9.17, 15) is 44.3 Å². The van der Waals surface area contributed by atoms with Crippen LogP contribution in [-0.4, -0.2) is 25.9 Å². The quantitative estimate of drug-likeness (QED) is 0.289. The molecule has 4 rings (SSSR count). The van der Waals surface area contributed by atoms with Gasteiger partial charge in [0.2, 0.25) is 0 Å². The predicted octanol–water partition coefficient (Wildman–Crippen LogP) is 5.44. The van der Waals surface area contributed by atoms with Crippen LogP contribution in [0.2, 0.25) is 0 Å². The van der Waals surface area contributed by atoms with Gasteiger partial charge in [-0.2, -0.15) is 23.4 Å². The Morgan fingerprint density at radius 3 is 2.03 bits per heavy atom. The molecule has 0 saturated carbocycles. The van der Waals surface area contributed by atoms with Gasteiger partial charge in [0, 0.05) is 11.6 Å². The smallest absolute Gasteiger partial charge is 0.320 e. The predicted molar refractivity (Wildman–Crippen MR) is 104 cm³/mol. The molecule has 0 saturated heterocycles. The maximum Gasteiger partial charge on any atom is 0.420 e. The topological polar surface area (TPSA) is 72.7 Å². The minimum atomic E-state index is -5.05. The van der Waals surface area contributed by atoms with E-state index in [1.807, 2.05) is 0 Å². The zero-order valence-electron chi connectivity index (χ0n) is 17.1. The van der Waals surface area contributed by atoms with Crippen molar-refractivity contribution in [3.05, 3.63) is 88.9 Å². The van der Waals surface area contributed by atoms with E-state index in [-0.39, 0.29) is 6.07 Å². The summed E-state index contributed by atoms with van der Waals surface area (Å²) in [5, 5.41) is 8.69. The monoisotopic (exact) mass is 517 g/mol. The van der Waals surface area contributed by atoms with Gasteiger partial charge >= 0.3 is 6.18 Å². The van der Waals surface area contributed by atoms with E-state index in [1.54, 1.807) is 5.32 Å². The molecule has 36 heavy (non-hydrogen) atoms. The number of hydrogen-bond acceptors (Lipinski definition) is 4. The third-order valence-corrected chi connectivity index (χ3v) is 4.73. The van der Waals surface area contributed by atoms with Crippen LogP contribution in [0.25, 0.3) is 16.9 Å². The highest BCUT2D eigenvalue weighted by Gasteiger charge is 2.37. The molecular weight excluding hydrogens is 509 g/mol. The van der Waals surface area contributed by atoms with E-state index >= 15 is 0 Å². The van der Waals surface area contributed by atoms with Crippen LogP contribution in [0.5, 0.6) is 0 Å². The van der Waals surface area contributed by atoms with Crippen LogP contribution in [0.3, 0.4) is 0 Å². The van der Waals surface area contributed by atoms with Crippen LogP contribution in [-0.2, 0) is 6.18 Å². The fraction of sp³-hybridized carbons (Fsp3) is 0.0476. The minimum absolute atomic E-state index is 0.207. The van der Waals surface area contributed by atoms with Crippen molar-refractivity contribution in [2.75, 3.05) is 5.32 Å². The van der Waals surface area contributed by atoms with Gasteiger partial charge in [-0.15, -0.1) is 4.80 Å². The lowest BCUT2D eigenvalue weighted by Crippen LogP contribution is -2.20. The highest BCUT2D eigenvalue weighted by Crippen LogP contribution is 2.36. The van der Waals surface area contributed by atoms with Crippen molar-refractivity contribution < 1.29 is 44.3 Å². The van der Waals surface area contributed by atoms with Gasteiger partial charge in [-0.1, -0.05) is 0 Å². The molecule has 6 nitrogen and oxygen atoms in total.